The van der Waals surface area contributed by atoms with Crippen molar-refractivity contribution in [3.8, 4) is 5.75 Å². The van der Waals surface area contributed by atoms with Gasteiger partial charge in [-0.2, -0.15) is 0 Å². The number of aryl methyl sites for hydroxylation is 1. The Hall–Kier alpha value is -1.94. The number of nitrogens with one attached hydrogen (secondary N) is 2. The van der Waals surface area contributed by atoms with Gasteiger partial charge < -0.3 is 10.1 Å². The lowest BCUT2D eigenvalue weighted by Gasteiger charge is -2.35. The van der Waals surface area contributed by atoms with Crippen LogP contribution in [-0.4, -0.2) is 51.5 Å². The Labute approximate surface area is 176 Å². The normalized spacial score (nSPS) is 17.1. The van der Waals surface area contributed by atoms with Crippen LogP contribution in [0.5, 0.6) is 5.75 Å². The number of sulfonamides is 1. The number of piperidine rings is 1. The largest absolute Gasteiger partial charge is 0.495 e. The fourth-order valence-corrected chi connectivity index (χ4v) is 5.74. The van der Waals surface area contributed by atoms with Crippen LogP contribution >= 0.6 is 11.3 Å². The number of hydrogen-bond acceptors (Lipinski definition) is 6. The summed E-state index contributed by atoms with van der Waals surface area (Å²) in [6, 6.07) is 8.54. The van der Waals surface area contributed by atoms with Gasteiger partial charge in [0.15, 0.2) is 0 Å². The van der Waals surface area contributed by atoms with Crippen molar-refractivity contribution in [3.63, 3.8) is 0 Å². The molecule has 0 saturated carbocycles. The van der Waals surface area contributed by atoms with Gasteiger partial charge in [-0.3, -0.25) is 9.69 Å². The Kier molecular flexibility index (Phi) is 6.94. The topological polar surface area (TPSA) is 87.7 Å². The summed E-state index contributed by atoms with van der Waals surface area (Å²) in [7, 11) is -1.89. The van der Waals surface area contributed by atoms with E-state index < -0.39 is 10.0 Å². The molecule has 7 nitrogen and oxygen atoms in total. The van der Waals surface area contributed by atoms with Crippen LogP contribution < -0.4 is 14.8 Å². The molecule has 1 aromatic heterocycles. The van der Waals surface area contributed by atoms with Gasteiger partial charge in [0, 0.05) is 19.1 Å². The van der Waals surface area contributed by atoms with E-state index in [4.69, 9.17) is 4.74 Å². The highest BCUT2D eigenvalue weighted by atomic mass is 32.2. The number of ether oxygens (including phenoxy) is 1. The first-order valence-corrected chi connectivity index (χ1v) is 11.9. The highest BCUT2D eigenvalue weighted by Crippen LogP contribution is 2.26. The first kappa shape index (κ1) is 21.8. The molecule has 2 N–H and O–H groups in total. The SMILES string of the molecule is COc1ccc(C)cc1NC(=O)[C@@H](C)N1CCC(NS(=O)(=O)c2cccs2)CC1. The Balaban J connectivity index is 1.55. The first-order valence-electron chi connectivity index (χ1n) is 9.55. The number of amides is 1. The van der Waals surface area contributed by atoms with Crippen molar-refractivity contribution in [3.05, 3.63) is 41.3 Å². The Morgan fingerprint density at radius 2 is 2.00 bits per heavy atom. The van der Waals surface area contributed by atoms with Gasteiger partial charge in [-0.25, -0.2) is 13.1 Å². The summed E-state index contributed by atoms with van der Waals surface area (Å²) in [6.45, 7) is 5.13. The summed E-state index contributed by atoms with van der Waals surface area (Å²) in [5, 5.41) is 4.70. The van der Waals surface area contributed by atoms with Crippen LogP contribution in [0.3, 0.4) is 0 Å². The molecule has 0 spiro atoms. The number of rotatable bonds is 7. The zero-order valence-corrected chi connectivity index (χ0v) is 18.5. The van der Waals surface area contributed by atoms with Crippen molar-refractivity contribution < 1.29 is 17.9 Å². The summed E-state index contributed by atoms with van der Waals surface area (Å²) in [6.07, 6.45) is 1.33. The lowest BCUT2D eigenvalue weighted by molar-refractivity contribution is -0.121. The molecule has 2 aromatic rings. The van der Waals surface area contributed by atoms with E-state index in [1.807, 2.05) is 32.0 Å². The Morgan fingerprint density at radius 1 is 1.28 bits per heavy atom. The molecular weight excluding hydrogens is 410 g/mol. The van der Waals surface area contributed by atoms with Crippen molar-refractivity contribution in [2.24, 2.45) is 0 Å². The van der Waals surface area contributed by atoms with E-state index >= 15 is 0 Å². The summed E-state index contributed by atoms with van der Waals surface area (Å²) >= 11 is 1.21. The monoisotopic (exact) mass is 437 g/mol. The quantitative estimate of drug-likeness (QED) is 0.696. The predicted molar refractivity (Wildman–Crippen MR) is 115 cm³/mol. The molecule has 1 aliphatic heterocycles. The van der Waals surface area contributed by atoms with Gasteiger partial charge in [0.2, 0.25) is 15.9 Å². The van der Waals surface area contributed by atoms with Crippen molar-refractivity contribution in [2.75, 3.05) is 25.5 Å². The number of carbonyl (C=O) groups is 1. The number of methoxy groups -OCH3 is 1. The number of anilines is 1. The van der Waals surface area contributed by atoms with Crippen LogP contribution in [0.25, 0.3) is 0 Å². The molecule has 0 radical (unpaired) electrons. The molecule has 1 amide bonds. The van der Waals surface area contributed by atoms with Crippen LogP contribution in [0.2, 0.25) is 0 Å². The van der Waals surface area contributed by atoms with Crippen molar-refractivity contribution in [1.82, 2.24) is 9.62 Å². The van der Waals surface area contributed by atoms with Crippen LogP contribution in [0.4, 0.5) is 5.69 Å². The molecule has 2 heterocycles. The highest BCUT2D eigenvalue weighted by molar-refractivity contribution is 7.91. The van der Waals surface area contributed by atoms with Gasteiger partial charge in [-0.15, -0.1) is 11.3 Å². The number of hydrogen-bond donors (Lipinski definition) is 2. The van der Waals surface area contributed by atoms with Gasteiger partial charge >= 0.3 is 0 Å². The molecule has 9 heteroatoms. The second-order valence-corrected chi connectivity index (χ2v) is 10.1. The summed E-state index contributed by atoms with van der Waals surface area (Å²) in [5.74, 6) is 0.518. The van der Waals surface area contributed by atoms with Crippen molar-refractivity contribution in [2.45, 2.75) is 43.0 Å². The molecule has 3 rings (SSSR count). The number of thiophene rings is 1. The summed E-state index contributed by atoms with van der Waals surface area (Å²) in [4.78, 5) is 14.8. The number of benzene rings is 1. The molecule has 1 aliphatic rings. The Bertz CT molecular complexity index is 937. The Morgan fingerprint density at radius 3 is 2.62 bits per heavy atom. The maximum absolute atomic E-state index is 12.7. The van der Waals surface area contributed by atoms with Crippen LogP contribution in [0.15, 0.2) is 39.9 Å². The third-order valence-corrected chi connectivity index (χ3v) is 8.07. The molecular formula is C20H27N3O4S2. The van der Waals surface area contributed by atoms with E-state index in [0.29, 0.717) is 41.6 Å². The van der Waals surface area contributed by atoms with Crippen molar-refractivity contribution in [1.29, 1.82) is 0 Å². The van der Waals surface area contributed by atoms with Gasteiger partial charge in [0.25, 0.3) is 0 Å². The van der Waals surface area contributed by atoms with Crippen LogP contribution in [0.1, 0.15) is 25.3 Å². The van der Waals surface area contributed by atoms with E-state index in [9.17, 15) is 13.2 Å². The molecule has 29 heavy (non-hydrogen) atoms. The van der Waals surface area contributed by atoms with E-state index in [0.717, 1.165) is 5.56 Å². The van der Waals surface area contributed by atoms with Gasteiger partial charge in [-0.05, 0) is 55.8 Å². The number of nitrogens with zero attached hydrogens (tertiary/aromatic N) is 1. The average Bonchev–Trinajstić information content (AvgIpc) is 3.24. The van der Waals surface area contributed by atoms with E-state index in [-0.39, 0.29) is 18.0 Å². The maximum Gasteiger partial charge on any atom is 0.250 e. The fourth-order valence-electron chi connectivity index (χ4n) is 3.42. The standard InChI is InChI=1S/C20H27N3O4S2/c1-14-6-7-18(27-3)17(13-14)21-20(24)15(2)23-10-8-16(9-11-23)22-29(25,26)19-5-4-12-28-19/h4-7,12-13,15-16,22H,8-11H2,1-3H3,(H,21,24)/t15-/m1/s1. The summed E-state index contributed by atoms with van der Waals surface area (Å²) < 4.78 is 33.2. The molecule has 1 fully saturated rings. The lowest BCUT2D eigenvalue weighted by atomic mass is 10.0. The third kappa shape index (κ3) is 5.36. The van der Waals surface area contributed by atoms with E-state index in [1.165, 1.54) is 11.3 Å². The zero-order valence-electron chi connectivity index (χ0n) is 16.8. The van der Waals surface area contributed by atoms with Gasteiger partial charge in [0.05, 0.1) is 18.8 Å². The molecule has 0 unspecified atom stereocenters. The van der Waals surface area contributed by atoms with Crippen molar-refractivity contribution >= 4 is 33.0 Å². The van der Waals surface area contributed by atoms with E-state index in [2.05, 4.69) is 14.9 Å². The molecule has 1 atom stereocenters. The molecule has 0 aliphatic carbocycles. The van der Waals surface area contributed by atoms with Gasteiger partial charge in [0.1, 0.15) is 9.96 Å². The highest BCUT2D eigenvalue weighted by Gasteiger charge is 2.29. The number of carbonyl (C=O) groups excluding carboxylic acids is 1. The minimum atomic E-state index is -3.47. The molecule has 1 saturated heterocycles. The van der Waals surface area contributed by atoms with E-state index in [1.54, 1.807) is 24.6 Å². The average molecular weight is 438 g/mol. The minimum Gasteiger partial charge on any atom is -0.495 e. The number of likely N-dealkylation sites (tertiary alicyclic amines) is 1. The minimum absolute atomic E-state index is 0.105. The lowest BCUT2D eigenvalue weighted by Crippen LogP contribution is -2.50. The molecule has 0 bridgehead atoms. The molecule has 1 aromatic carbocycles. The summed E-state index contributed by atoms with van der Waals surface area (Å²) in [5.41, 5.74) is 1.69. The second-order valence-electron chi connectivity index (χ2n) is 7.23. The van der Waals surface area contributed by atoms with Crippen LogP contribution in [-0.2, 0) is 14.8 Å². The third-order valence-electron chi connectivity index (χ3n) is 5.15. The second kappa shape index (κ2) is 9.25. The zero-order chi connectivity index (χ0) is 21.0. The molecule has 158 valence electrons. The smallest absolute Gasteiger partial charge is 0.250 e. The maximum atomic E-state index is 12.7. The van der Waals surface area contributed by atoms with Gasteiger partial charge in [-0.1, -0.05) is 12.1 Å². The predicted octanol–water partition coefficient (Wildman–Crippen LogP) is 2.84. The first-order chi connectivity index (χ1) is 13.8. The fraction of sp³-hybridized carbons (Fsp3) is 0.450. The van der Waals surface area contributed by atoms with Crippen LogP contribution in [0, 0.1) is 6.92 Å².